The van der Waals surface area contributed by atoms with Crippen LogP contribution in [0, 0.1) is 0 Å². The van der Waals surface area contributed by atoms with E-state index in [2.05, 4.69) is 93.1 Å². The third-order valence-electron chi connectivity index (χ3n) is 7.91. The van der Waals surface area contributed by atoms with Gasteiger partial charge in [0.1, 0.15) is 5.82 Å². The van der Waals surface area contributed by atoms with Crippen LogP contribution < -0.4 is 10.6 Å². The van der Waals surface area contributed by atoms with Gasteiger partial charge >= 0.3 is 0 Å². The van der Waals surface area contributed by atoms with Gasteiger partial charge in [-0.05, 0) is 55.0 Å². The fraction of sp³-hybridized carbons (Fsp3) is 0.303. The van der Waals surface area contributed by atoms with E-state index < -0.39 is 0 Å². The van der Waals surface area contributed by atoms with Gasteiger partial charge in [-0.15, -0.1) is 10.2 Å². The predicted molar refractivity (Wildman–Crippen MR) is 158 cm³/mol. The number of aryl methyl sites for hydroxylation is 3. The van der Waals surface area contributed by atoms with Gasteiger partial charge in [0.05, 0.1) is 12.1 Å². The number of aromatic amines is 1. The van der Waals surface area contributed by atoms with E-state index in [4.69, 9.17) is 10.2 Å². The van der Waals surface area contributed by atoms with Gasteiger partial charge in [-0.25, -0.2) is 0 Å². The fourth-order valence-electron chi connectivity index (χ4n) is 5.73. The van der Waals surface area contributed by atoms with Crippen LogP contribution in [0.1, 0.15) is 47.2 Å². The first kappa shape index (κ1) is 26.0. The van der Waals surface area contributed by atoms with Crippen molar-refractivity contribution in [3.8, 4) is 0 Å². The summed E-state index contributed by atoms with van der Waals surface area (Å²) >= 11 is 0. The number of hydrogen-bond acceptors (Lipinski definition) is 4. The summed E-state index contributed by atoms with van der Waals surface area (Å²) in [6.07, 6.45) is 7.09. The Labute approximate surface area is 235 Å². The number of carbonyl (C=O) groups is 1. The molecule has 3 aromatic carbocycles. The third-order valence-corrected chi connectivity index (χ3v) is 7.91. The van der Waals surface area contributed by atoms with Gasteiger partial charge in [0.2, 0.25) is 5.91 Å². The monoisotopic (exact) mass is 532 g/mol. The molecule has 1 amide bonds. The van der Waals surface area contributed by atoms with Crippen LogP contribution in [0.5, 0.6) is 0 Å². The fourth-order valence-corrected chi connectivity index (χ4v) is 5.73. The van der Waals surface area contributed by atoms with Gasteiger partial charge in [-0.1, -0.05) is 78.9 Å². The molecular formula is C33H36N6O. The van der Waals surface area contributed by atoms with E-state index in [0.29, 0.717) is 6.42 Å². The number of benzene rings is 3. The van der Waals surface area contributed by atoms with Crippen LogP contribution >= 0.6 is 0 Å². The number of amides is 1. The zero-order valence-corrected chi connectivity index (χ0v) is 22.7. The van der Waals surface area contributed by atoms with Crippen LogP contribution in [0.4, 0.5) is 0 Å². The normalized spacial score (nSPS) is 15.8. The number of carbonyl (C=O) groups excluding carboxylic acids is 1. The number of para-hydroxylation sites is 1. The molecule has 204 valence electrons. The van der Waals surface area contributed by atoms with Crippen molar-refractivity contribution in [1.29, 1.82) is 0 Å². The van der Waals surface area contributed by atoms with Crippen molar-refractivity contribution in [2.24, 2.45) is 0 Å². The Morgan fingerprint density at radius 1 is 0.900 bits per heavy atom. The average molecular weight is 533 g/mol. The lowest BCUT2D eigenvalue weighted by atomic mass is 10.0. The molecule has 1 fully saturated rings. The minimum absolute atomic E-state index is 0.0331. The summed E-state index contributed by atoms with van der Waals surface area (Å²) in [6, 6.07) is 28.8. The van der Waals surface area contributed by atoms with E-state index >= 15 is 0 Å². The lowest BCUT2D eigenvalue weighted by molar-refractivity contribution is -0.123. The quantitative estimate of drug-likeness (QED) is 0.225. The standard InChI is InChI=1S/C33H36N6O/c40-33(29-16-9-20-34-29)36-30(22-26-23-35-28-15-8-7-14-27(26)28)32-38-37-31(18-17-24-10-3-1-4-11-24)39(32)21-19-25-12-5-2-6-13-25/h1-8,10-15,23,29-30,34-35H,9,16-22H2,(H,36,40)/t29-,30+/m0/s1. The molecule has 5 aromatic rings. The first-order valence-corrected chi connectivity index (χ1v) is 14.3. The molecular weight excluding hydrogens is 496 g/mol. The van der Waals surface area contributed by atoms with Gasteiger partial charge in [0, 0.05) is 36.5 Å². The number of aromatic nitrogens is 4. The largest absolute Gasteiger partial charge is 0.361 e. The summed E-state index contributed by atoms with van der Waals surface area (Å²) in [5, 5.41) is 17.3. The van der Waals surface area contributed by atoms with Crippen molar-refractivity contribution >= 4 is 16.8 Å². The molecule has 1 aliphatic rings. The van der Waals surface area contributed by atoms with E-state index in [1.807, 2.05) is 18.2 Å². The van der Waals surface area contributed by atoms with Crippen LogP contribution in [0.3, 0.4) is 0 Å². The molecule has 6 rings (SSSR count). The maximum Gasteiger partial charge on any atom is 0.237 e. The molecule has 1 aliphatic heterocycles. The lowest BCUT2D eigenvalue weighted by Crippen LogP contribution is -2.43. The van der Waals surface area contributed by atoms with Crippen LogP contribution in [0.15, 0.2) is 91.1 Å². The summed E-state index contributed by atoms with van der Waals surface area (Å²) in [5.41, 5.74) is 4.79. The first-order valence-electron chi connectivity index (χ1n) is 14.3. The molecule has 3 N–H and O–H groups in total. The molecule has 2 atom stereocenters. The second-order valence-corrected chi connectivity index (χ2v) is 10.6. The van der Waals surface area contributed by atoms with Gasteiger partial charge < -0.3 is 20.2 Å². The second-order valence-electron chi connectivity index (χ2n) is 10.6. The van der Waals surface area contributed by atoms with Crippen molar-refractivity contribution in [1.82, 2.24) is 30.4 Å². The Kier molecular flexibility index (Phi) is 8.00. The maximum absolute atomic E-state index is 13.4. The van der Waals surface area contributed by atoms with E-state index in [1.165, 1.54) is 16.5 Å². The Hall–Kier alpha value is -4.23. The minimum atomic E-state index is -0.303. The topological polar surface area (TPSA) is 87.6 Å². The molecule has 0 saturated carbocycles. The molecule has 2 aromatic heterocycles. The molecule has 0 aliphatic carbocycles. The van der Waals surface area contributed by atoms with Gasteiger partial charge in [-0.2, -0.15) is 0 Å². The lowest BCUT2D eigenvalue weighted by Gasteiger charge is -2.22. The second kappa shape index (κ2) is 12.3. The van der Waals surface area contributed by atoms with Gasteiger partial charge in [0.25, 0.3) is 0 Å². The highest BCUT2D eigenvalue weighted by Crippen LogP contribution is 2.25. The molecule has 1 saturated heterocycles. The number of nitrogens with zero attached hydrogens (tertiary/aromatic N) is 3. The Balaban J connectivity index is 1.33. The number of nitrogens with one attached hydrogen (secondary N) is 3. The Bertz CT molecular complexity index is 1540. The number of H-pyrrole nitrogens is 1. The SMILES string of the molecule is O=C(N[C@H](Cc1c[nH]c2ccccc12)c1nnc(CCc2ccccc2)n1CCc1ccccc1)[C@@H]1CCCN1. The van der Waals surface area contributed by atoms with Crippen molar-refractivity contribution in [2.75, 3.05) is 6.54 Å². The summed E-state index contributed by atoms with van der Waals surface area (Å²) in [7, 11) is 0. The Morgan fingerprint density at radius 2 is 1.62 bits per heavy atom. The minimum Gasteiger partial charge on any atom is -0.361 e. The highest BCUT2D eigenvalue weighted by molar-refractivity contribution is 5.84. The van der Waals surface area contributed by atoms with Crippen molar-refractivity contribution in [3.63, 3.8) is 0 Å². The molecule has 0 unspecified atom stereocenters. The number of rotatable bonds is 11. The van der Waals surface area contributed by atoms with Gasteiger partial charge in [0.15, 0.2) is 5.82 Å². The summed E-state index contributed by atoms with van der Waals surface area (Å²) in [5.74, 6) is 1.80. The molecule has 7 nitrogen and oxygen atoms in total. The van der Waals surface area contributed by atoms with Crippen LogP contribution in [-0.4, -0.2) is 38.2 Å². The summed E-state index contributed by atoms with van der Waals surface area (Å²) < 4.78 is 2.25. The van der Waals surface area contributed by atoms with Crippen molar-refractivity contribution in [2.45, 2.75) is 57.2 Å². The van der Waals surface area contributed by atoms with Crippen molar-refractivity contribution in [3.05, 3.63) is 119 Å². The summed E-state index contributed by atoms with van der Waals surface area (Å²) in [6.45, 7) is 1.63. The van der Waals surface area contributed by atoms with E-state index in [1.54, 1.807) is 0 Å². The van der Waals surface area contributed by atoms with Crippen LogP contribution in [0.25, 0.3) is 10.9 Å². The van der Waals surface area contributed by atoms with Crippen molar-refractivity contribution < 1.29 is 4.79 Å². The smallest absolute Gasteiger partial charge is 0.237 e. The third kappa shape index (κ3) is 6.00. The van der Waals surface area contributed by atoms with Crippen LogP contribution in [0.2, 0.25) is 0 Å². The number of hydrogen-bond donors (Lipinski definition) is 3. The molecule has 40 heavy (non-hydrogen) atoms. The van der Waals surface area contributed by atoms with E-state index in [-0.39, 0.29) is 18.0 Å². The molecule has 0 bridgehead atoms. The number of fused-ring (bicyclic) bond motifs is 1. The Morgan fingerprint density at radius 3 is 2.38 bits per heavy atom. The van der Waals surface area contributed by atoms with E-state index in [9.17, 15) is 4.79 Å². The highest BCUT2D eigenvalue weighted by Gasteiger charge is 2.29. The maximum atomic E-state index is 13.4. The van der Waals surface area contributed by atoms with Gasteiger partial charge in [-0.3, -0.25) is 4.79 Å². The molecule has 3 heterocycles. The molecule has 0 spiro atoms. The molecule has 0 radical (unpaired) electrons. The first-order chi connectivity index (χ1) is 19.7. The molecule has 7 heteroatoms. The predicted octanol–water partition coefficient (Wildman–Crippen LogP) is 4.94. The highest BCUT2D eigenvalue weighted by atomic mass is 16.2. The zero-order chi connectivity index (χ0) is 27.1. The summed E-state index contributed by atoms with van der Waals surface area (Å²) in [4.78, 5) is 16.8. The van der Waals surface area contributed by atoms with Crippen LogP contribution in [-0.2, 0) is 37.0 Å². The average Bonchev–Trinajstić information content (AvgIpc) is 3.77. The van der Waals surface area contributed by atoms with E-state index in [0.717, 1.165) is 67.9 Å². The zero-order valence-electron chi connectivity index (χ0n) is 22.7.